The fraction of sp³-hybridized carbons (Fsp3) is 0.500. The molecular formula is C30H41ClN4S. The van der Waals surface area contributed by atoms with Gasteiger partial charge in [-0.15, -0.1) is 0 Å². The van der Waals surface area contributed by atoms with Crippen LogP contribution in [-0.2, 0) is 0 Å². The zero-order valence-corrected chi connectivity index (χ0v) is 24.2. The molecule has 0 aliphatic carbocycles. The van der Waals surface area contributed by atoms with Crippen LogP contribution in [-0.4, -0.2) is 31.2 Å². The Bertz CT molecular complexity index is 1320. The van der Waals surface area contributed by atoms with Gasteiger partial charge in [0.1, 0.15) is 0 Å². The summed E-state index contributed by atoms with van der Waals surface area (Å²) in [6, 6.07) is 13.2. The number of pyridine rings is 1. The first-order valence-corrected chi connectivity index (χ1v) is 15.8. The van der Waals surface area contributed by atoms with E-state index < -0.39 is 9.70 Å². The topological polar surface area (TPSA) is 31.7 Å². The molecule has 0 N–H and O–H groups in total. The highest BCUT2D eigenvalue weighted by Gasteiger charge is 2.21. The molecule has 4 rings (SSSR count). The molecule has 0 radical (unpaired) electrons. The monoisotopic (exact) mass is 524 g/mol. The number of nitrogens with zero attached hydrogens (tertiary/aromatic N) is 4. The van der Waals surface area contributed by atoms with E-state index in [0.29, 0.717) is 0 Å². The largest absolute Gasteiger partial charge is 0.372 e. The lowest BCUT2D eigenvalue weighted by atomic mass is 10.1. The van der Waals surface area contributed by atoms with Crippen LogP contribution in [0.15, 0.2) is 46.3 Å². The maximum absolute atomic E-state index is 7.31. The lowest BCUT2D eigenvalue weighted by Crippen LogP contribution is -2.26. The van der Waals surface area contributed by atoms with Crippen molar-refractivity contribution in [3.05, 3.63) is 52.0 Å². The van der Waals surface area contributed by atoms with Gasteiger partial charge in [0.15, 0.2) is 0 Å². The van der Waals surface area contributed by atoms with E-state index >= 15 is 0 Å². The Morgan fingerprint density at radius 2 is 1.53 bits per heavy atom. The number of rotatable bonds is 12. The minimum absolute atomic E-state index is 0.576. The Kier molecular flexibility index (Phi) is 9.30. The Morgan fingerprint density at radius 3 is 2.17 bits per heavy atom. The number of hydrogen-bond acceptors (Lipinski definition) is 4. The van der Waals surface area contributed by atoms with Crippen LogP contribution in [0.25, 0.3) is 10.9 Å². The van der Waals surface area contributed by atoms with Gasteiger partial charge in [0.25, 0.3) is 0 Å². The van der Waals surface area contributed by atoms with E-state index in [1.807, 2.05) is 0 Å². The molecule has 2 heterocycles. The van der Waals surface area contributed by atoms with Crippen molar-refractivity contribution >= 4 is 48.3 Å². The molecule has 2 aromatic carbocycles. The molecule has 0 saturated carbocycles. The Balaban J connectivity index is 1.91. The number of fused-ring (bicyclic) bond motifs is 4. The zero-order valence-electron chi connectivity index (χ0n) is 22.6. The summed E-state index contributed by atoms with van der Waals surface area (Å²) in [5.74, 6) is 0. The van der Waals surface area contributed by atoms with E-state index in [2.05, 4.69) is 80.8 Å². The van der Waals surface area contributed by atoms with Crippen LogP contribution in [0.1, 0.15) is 71.9 Å². The van der Waals surface area contributed by atoms with Crippen molar-refractivity contribution in [2.75, 3.05) is 36.0 Å². The second kappa shape index (κ2) is 12.4. The SMILES string of the molecule is CCCCCN(CCCCC)c1cc2c(c3ccc(C)nc13)N=c1ccc(N(CC)CC)cc1=S2Cl. The predicted molar refractivity (Wildman–Crippen MR) is 159 cm³/mol. The second-order valence-corrected chi connectivity index (χ2v) is 12.0. The van der Waals surface area contributed by atoms with Crippen molar-refractivity contribution < 1.29 is 0 Å². The third-order valence-corrected chi connectivity index (χ3v) is 9.54. The van der Waals surface area contributed by atoms with Crippen molar-refractivity contribution in [1.29, 1.82) is 0 Å². The fourth-order valence-corrected chi connectivity index (χ4v) is 7.07. The zero-order chi connectivity index (χ0) is 25.7. The number of benzene rings is 2. The molecule has 6 heteroatoms. The van der Waals surface area contributed by atoms with E-state index in [0.717, 1.165) is 63.2 Å². The summed E-state index contributed by atoms with van der Waals surface area (Å²) < 4.78 is 1.13. The van der Waals surface area contributed by atoms with Crippen LogP contribution in [0, 0.1) is 11.4 Å². The molecule has 1 aromatic heterocycles. The quantitative estimate of drug-likeness (QED) is 0.175. The van der Waals surface area contributed by atoms with Crippen LogP contribution in [0.3, 0.4) is 0 Å². The number of aryl methyl sites for hydroxylation is 1. The Morgan fingerprint density at radius 1 is 0.833 bits per heavy atom. The van der Waals surface area contributed by atoms with Gasteiger partial charge in [0.2, 0.25) is 0 Å². The molecule has 3 aromatic rings. The first-order chi connectivity index (χ1) is 17.5. The summed E-state index contributed by atoms with van der Waals surface area (Å²) in [4.78, 5) is 16.3. The summed E-state index contributed by atoms with van der Waals surface area (Å²) in [6.45, 7) is 15.1. The van der Waals surface area contributed by atoms with Crippen molar-refractivity contribution in [2.45, 2.75) is 78.0 Å². The predicted octanol–water partition coefficient (Wildman–Crippen LogP) is 8.57. The maximum Gasteiger partial charge on any atom is 0.0961 e. The second-order valence-electron chi connectivity index (χ2n) is 9.68. The van der Waals surface area contributed by atoms with E-state index in [1.54, 1.807) is 0 Å². The van der Waals surface area contributed by atoms with Crippen molar-refractivity contribution in [3.8, 4) is 0 Å². The molecule has 1 aliphatic heterocycles. The normalized spacial score (nSPS) is 14.3. The van der Waals surface area contributed by atoms with Crippen LogP contribution < -0.4 is 15.2 Å². The van der Waals surface area contributed by atoms with Crippen molar-refractivity contribution in [3.63, 3.8) is 0 Å². The number of anilines is 2. The lowest BCUT2D eigenvalue weighted by molar-refractivity contribution is 0.637. The van der Waals surface area contributed by atoms with Crippen LogP contribution in [0.5, 0.6) is 0 Å². The Hall–Kier alpha value is -2.11. The van der Waals surface area contributed by atoms with E-state index in [1.165, 1.54) is 49.9 Å². The van der Waals surface area contributed by atoms with Gasteiger partial charge in [0, 0.05) is 52.4 Å². The third-order valence-electron chi connectivity index (χ3n) is 7.13. The van der Waals surface area contributed by atoms with E-state index in [4.69, 9.17) is 20.7 Å². The molecule has 1 unspecified atom stereocenters. The highest BCUT2D eigenvalue weighted by molar-refractivity contribution is 8.29. The van der Waals surface area contributed by atoms with Gasteiger partial charge in [0.05, 0.1) is 22.2 Å². The number of hydrogen-bond donors (Lipinski definition) is 0. The smallest absolute Gasteiger partial charge is 0.0961 e. The summed E-state index contributed by atoms with van der Waals surface area (Å²) >= 11 is 0. The molecule has 4 nitrogen and oxygen atoms in total. The molecule has 194 valence electrons. The van der Waals surface area contributed by atoms with Crippen LogP contribution in [0.2, 0.25) is 0 Å². The minimum Gasteiger partial charge on any atom is -0.372 e. The highest BCUT2D eigenvalue weighted by Crippen LogP contribution is 2.48. The average Bonchev–Trinajstić information content (AvgIpc) is 2.89. The molecular weight excluding hydrogens is 484 g/mol. The lowest BCUT2D eigenvalue weighted by Gasteiger charge is -2.28. The molecule has 36 heavy (non-hydrogen) atoms. The summed E-state index contributed by atoms with van der Waals surface area (Å²) in [5.41, 5.74) is 5.52. The molecule has 1 atom stereocenters. The fourth-order valence-electron chi connectivity index (χ4n) is 5.05. The van der Waals surface area contributed by atoms with Gasteiger partial charge in [-0.1, -0.05) is 49.2 Å². The third kappa shape index (κ3) is 5.57. The van der Waals surface area contributed by atoms with Gasteiger partial charge < -0.3 is 9.80 Å². The number of aromatic nitrogens is 1. The van der Waals surface area contributed by atoms with Gasteiger partial charge in [-0.2, -0.15) is 0 Å². The standard InChI is InChI=1S/C30H41ClN4S/c1-6-10-12-18-35(19-13-11-7-2)26-21-28-30(24-16-14-22(5)32-29(24)26)33-25-17-15-23(34(8-3)9-4)20-27(25)36(28)31/h14-17,20-21H,6-13,18-19H2,1-5H3. The average molecular weight is 525 g/mol. The van der Waals surface area contributed by atoms with Gasteiger partial charge in [-0.05, 0) is 80.7 Å². The van der Waals surface area contributed by atoms with E-state index in [9.17, 15) is 0 Å². The first kappa shape index (κ1) is 26.9. The molecule has 0 bridgehead atoms. The minimum atomic E-state index is -0.576. The molecule has 0 saturated heterocycles. The van der Waals surface area contributed by atoms with Crippen molar-refractivity contribution in [1.82, 2.24) is 4.98 Å². The molecule has 1 aliphatic rings. The summed E-state index contributed by atoms with van der Waals surface area (Å²) in [5, 5.41) is 2.09. The first-order valence-electron chi connectivity index (χ1n) is 13.7. The van der Waals surface area contributed by atoms with Gasteiger partial charge >= 0.3 is 0 Å². The number of halogens is 1. The van der Waals surface area contributed by atoms with Gasteiger partial charge in [-0.3, -0.25) is 4.98 Å². The number of unbranched alkanes of at least 4 members (excludes halogenated alkanes) is 4. The molecule has 0 spiro atoms. The maximum atomic E-state index is 7.31. The summed E-state index contributed by atoms with van der Waals surface area (Å²) in [7, 11) is 6.74. The van der Waals surface area contributed by atoms with Crippen molar-refractivity contribution in [2.24, 2.45) is 4.99 Å². The highest BCUT2D eigenvalue weighted by atomic mass is 35.7. The summed E-state index contributed by atoms with van der Waals surface area (Å²) in [6.07, 6.45) is 7.33. The van der Waals surface area contributed by atoms with Gasteiger partial charge in [-0.25, -0.2) is 4.99 Å². The molecule has 0 amide bonds. The van der Waals surface area contributed by atoms with E-state index in [-0.39, 0.29) is 0 Å². The van der Waals surface area contributed by atoms with Crippen LogP contribution in [0.4, 0.5) is 17.1 Å². The molecule has 0 fully saturated rings. The Labute approximate surface area is 223 Å². The van der Waals surface area contributed by atoms with Crippen LogP contribution >= 0.6 is 20.4 Å².